The van der Waals surface area contributed by atoms with Crippen molar-refractivity contribution in [3.05, 3.63) is 51.2 Å². The minimum Gasteiger partial charge on any atom is -0.481 e. The lowest BCUT2D eigenvalue weighted by atomic mass is 9.89. The molecule has 0 bridgehead atoms. The maximum atomic E-state index is 13.5. The van der Waals surface area contributed by atoms with Crippen LogP contribution in [0, 0.1) is 25.6 Å². The summed E-state index contributed by atoms with van der Waals surface area (Å²) >= 11 is 1.48. The molecule has 5 nitrogen and oxygen atoms in total. The summed E-state index contributed by atoms with van der Waals surface area (Å²) in [5.74, 6) is -2.61. The van der Waals surface area contributed by atoms with E-state index in [2.05, 4.69) is 4.98 Å². The SMILES string of the molecule is Cc1nc(C)c(CC(=O)N2C[C@H](C(=O)O)[C@@H](c3cccc(F)c3)C2)s1. The van der Waals surface area contributed by atoms with E-state index in [9.17, 15) is 19.1 Å². The lowest BCUT2D eigenvalue weighted by molar-refractivity contribution is -0.141. The normalized spacial score (nSPS) is 20.0. The average molecular weight is 362 g/mol. The minimum atomic E-state index is -0.964. The van der Waals surface area contributed by atoms with Gasteiger partial charge in [0.15, 0.2) is 0 Å². The van der Waals surface area contributed by atoms with Crippen LogP contribution < -0.4 is 0 Å². The van der Waals surface area contributed by atoms with Gasteiger partial charge in [-0.2, -0.15) is 0 Å². The van der Waals surface area contributed by atoms with Crippen LogP contribution in [0.2, 0.25) is 0 Å². The zero-order valence-electron chi connectivity index (χ0n) is 14.0. The van der Waals surface area contributed by atoms with Crippen LogP contribution in [0.5, 0.6) is 0 Å². The van der Waals surface area contributed by atoms with Crippen molar-refractivity contribution in [3.63, 3.8) is 0 Å². The molecule has 1 saturated heterocycles. The first-order valence-electron chi connectivity index (χ1n) is 8.04. The summed E-state index contributed by atoms with van der Waals surface area (Å²) < 4.78 is 13.5. The van der Waals surface area contributed by atoms with Gasteiger partial charge in [-0.05, 0) is 31.5 Å². The number of hydrogen-bond acceptors (Lipinski definition) is 4. The number of amides is 1. The fourth-order valence-corrected chi connectivity index (χ4v) is 4.25. The second kappa shape index (κ2) is 6.92. The first-order chi connectivity index (χ1) is 11.8. The number of carbonyl (C=O) groups excluding carboxylic acids is 1. The first kappa shape index (κ1) is 17.5. The van der Waals surface area contributed by atoms with Crippen molar-refractivity contribution in [1.29, 1.82) is 0 Å². The number of aryl methyl sites for hydroxylation is 2. The van der Waals surface area contributed by atoms with E-state index in [0.717, 1.165) is 15.6 Å². The molecule has 2 atom stereocenters. The Kier molecular flexibility index (Phi) is 4.85. The van der Waals surface area contributed by atoms with Crippen molar-refractivity contribution < 1.29 is 19.1 Å². The second-order valence-electron chi connectivity index (χ2n) is 6.32. The van der Waals surface area contributed by atoms with Gasteiger partial charge in [0.2, 0.25) is 5.91 Å². The summed E-state index contributed by atoms with van der Waals surface area (Å²) in [6, 6.07) is 5.96. The van der Waals surface area contributed by atoms with Gasteiger partial charge < -0.3 is 10.0 Å². The number of likely N-dealkylation sites (tertiary alicyclic amines) is 1. The molecule has 3 rings (SSSR count). The van der Waals surface area contributed by atoms with Gasteiger partial charge in [-0.1, -0.05) is 12.1 Å². The van der Waals surface area contributed by atoms with E-state index >= 15 is 0 Å². The summed E-state index contributed by atoms with van der Waals surface area (Å²) in [4.78, 5) is 31.0. The Morgan fingerprint density at radius 3 is 2.72 bits per heavy atom. The van der Waals surface area contributed by atoms with Gasteiger partial charge >= 0.3 is 5.97 Å². The third-order valence-electron chi connectivity index (χ3n) is 4.58. The number of carboxylic acids is 1. The van der Waals surface area contributed by atoms with Gasteiger partial charge in [-0.15, -0.1) is 11.3 Å². The number of halogens is 1. The molecule has 1 aromatic carbocycles. The van der Waals surface area contributed by atoms with Gasteiger partial charge in [0.05, 0.1) is 23.0 Å². The Morgan fingerprint density at radius 2 is 2.12 bits per heavy atom. The molecule has 1 aromatic heterocycles. The van der Waals surface area contributed by atoms with E-state index in [-0.39, 0.29) is 25.4 Å². The van der Waals surface area contributed by atoms with Gasteiger partial charge in [0, 0.05) is 23.9 Å². The van der Waals surface area contributed by atoms with Crippen molar-refractivity contribution in [2.45, 2.75) is 26.2 Å². The van der Waals surface area contributed by atoms with Gasteiger partial charge in [-0.25, -0.2) is 9.37 Å². The molecule has 2 aromatic rings. The largest absolute Gasteiger partial charge is 0.481 e. The first-order valence-corrected chi connectivity index (χ1v) is 8.85. The molecule has 1 N–H and O–H groups in total. The van der Waals surface area contributed by atoms with Crippen LogP contribution in [0.25, 0.3) is 0 Å². The highest BCUT2D eigenvalue weighted by atomic mass is 32.1. The molecule has 1 amide bonds. The van der Waals surface area contributed by atoms with Gasteiger partial charge in [0.1, 0.15) is 5.82 Å². The fourth-order valence-electron chi connectivity index (χ4n) is 3.32. The fraction of sp³-hybridized carbons (Fsp3) is 0.389. The zero-order valence-corrected chi connectivity index (χ0v) is 14.8. The Hall–Kier alpha value is -2.28. The standard InChI is InChI=1S/C18H19FN2O3S/c1-10-16(25-11(2)20-10)7-17(22)21-8-14(15(9-21)18(23)24)12-4-3-5-13(19)6-12/h3-6,14-15H,7-9H2,1-2H3,(H,23,24)/t14-,15+/m1/s1. The molecule has 0 spiro atoms. The number of benzene rings is 1. The highest BCUT2D eigenvalue weighted by Crippen LogP contribution is 2.34. The quantitative estimate of drug-likeness (QED) is 0.908. The number of aromatic nitrogens is 1. The number of carboxylic acid groups (broad SMARTS) is 1. The van der Waals surface area contributed by atoms with Crippen molar-refractivity contribution >= 4 is 23.2 Å². The van der Waals surface area contributed by atoms with E-state index in [1.165, 1.54) is 23.5 Å². The molecule has 1 fully saturated rings. The molecule has 132 valence electrons. The lowest BCUT2D eigenvalue weighted by Crippen LogP contribution is -2.31. The van der Waals surface area contributed by atoms with Crippen molar-refractivity contribution in [3.8, 4) is 0 Å². The number of carbonyl (C=O) groups is 2. The number of hydrogen-bond donors (Lipinski definition) is 1. The Morgan fingerprint density at radius 1 is 1.36 bits per heavy atom. The number of rotatable bonds is 4. The molecular weight excluding hydrogens is 343 g/mol. The molecule has 0 radical (unpaired) electrons. The molecule has 7 heteroatoms. The molecule has 1 aliphatic heterocycles. The molecule has 0 unspecified atom stereocenters. The monoisotopic (exact) mass is 362 g/mol. The Bertz CT molecular complexity index is 820. The van der Waals surface area contributed by atoms with Crippen LogP contribution in [0.15, 0.2) is 24.3 Å². The van der Waals surface area contributed by atoms with Crippen molar-refractivity contribution in [2.24, 2.45) is 5.92 Å². The van der Waals surface area contributed by atoms with E-state index in [1.807, 2.05) is 13.8 Å². The maximum Gasteiger partial charge on any atom is 0.308 e. The minimum absolute atomic E-state index is 0.114. The summed E-state index contributed by atoms with van der Waals surface area (Å²) in [7, 11) is 0. The lowest BCUT2D eigenvalue weighted by Gasteiger charge is -2.16. The highest BCUT2D eigenvalue weighted by Gasteiger charge is 2.40. The van der Waals surface area contributed by atoms with Gasteiger partial charge in [0.25, 0.3) is 0 Å². The molecule has 2 heterocycles. The van der Waals surface area contributed by atoms with Crippen LogP contribution in [0.4, 0.5) is 4.39 Å². The van der Waals surface area contributed by atoms with Crippen LogP contribution in [0.3, 0.4) is 0 Å². The van der Waals surface area contributed by atoms with E-state index in [0.29, 0.717) is 5.56 Å². The molecular formula is C18H19FN2O3S. The molecule has 0 saturated carbocycles. The van der Waals surface area contributed by atoms with Gasteiger partial charge in [-0.3, -0.25) is 9.59 Å². The van der Waals surface area contributed by atoms with E-state index < -0.39 is 23.6 Å². The third kappa shape index (κ3) is 3.71. The summed E-state index contributed by atoms with van der Waals surface area (Å²) in [5, 5.41) is 10.4. The highest BCUT2D eigenvalue weighted by molar-refractivity contribution is 7.11. The zero-order chi connectivity index (χ0) is 18.1. The van der Waals surface area contributed by atoms with Crippen molar-refractivity contribution in [2.75, 3.05) is 13.1 Å². The molecule has 0 aliphatic carbocycles. The number of nitrogens with zero attached hydrogens (tertiary/aromatic N) is 2. The third-order valence-corrected chi connectivity index (χ3v) is 5.65. The van der Waals surface area contributed by atoms with E-state index in [4.69, 9.17) is 0 Å². The topological polar surface area (TPSA) is 70.5 Å². The predicted molar refractivity (Wildman–Crippen MR) is 92.1 cm³/mol. The Labute approximate surface area is 149 Å². The number of thiazole rings is 1. The second-order valence-corrected chi connectivity index (χ2v) is 7.61. The Balaban J connectivity index is 1.78. The van der Waals surface area contributed by atoms with Crippen molar-refractivity contribution in [1.82, 2.24) is 9.88 Å². The average Bonchev–Trinajstić information content (AvgIpc) is 3.11. The van der Waals surface area contributed by atoms with Crippen LogP contribution >= 0.6 is 11.3 Å². The summed E-state index contributed by atoms with van der Waals surface area (Å²) in [6.07, 6.45) is 0.222. The molecule has 25 heavy (non-hydrogen) atoms. The van der Waals surface area contributed by atoms with Crippen LogP contribution in [-0.2, 0) is 16.0 Å². The van der Waals surface area contributed by atoms with Crippen LogP contribution in [-0.4, -0.2) is 40.0 Å². The predicted octanol–water partition coefficient (Wildman–Crippen LogP) is 2.77. The number of aliphatic carboxylic acids is 1. The van der Waals surface area contributed by atoms with E-state index in [1.54, 1.807) is 17.0 Å². The summed E-state index contributed by atoms with van der Waals surface area (Å²) in [5.41, 5.74) is 1.46. The maximum absolute atomic E-state index is 13.5. The summed E-state index contributed by atoms with van der Waals surface area (Å²) in [6.45, 7) is 4.19. The van der Waals surface area contributed by atoms with Crippen LogP contribution in [0.1, 0.15) is 27.1 Å². The molecule has 1 aliphatic rings. The smallest absolute Gasteiger partial charge is 0.308 e.